The first kappa shape index (κ1) is 22.0. The maximum Gasteiger partial charge on any atom is 0.269 e. The number of amides is 2. The molecule has 0 aromatic heterocycles. The molecular formula is C27H18N2O7. The lowest BCUT2D eigenvalue weighted by molar-refractivity contribution is -0.384. The summed E-state index contributed by atoms with van der Waals surface area (Å²) in [5.41, 5.74) is -0.406. The molecule has 3 atom stereocenters. The first-order valence-electron chi connectivity index (χ1n) is 11.3. The van der Waals surface area contributed by atoms with E-state index in [0.29, 0.717) is 5.56 Å². The van der Waals surface area contributed by atoms with Crippen LogP contribution in [0.4, 0.5) is 11.4 Å². The van der Waals surface area contributed by atoms with Gasteiger partial charge in [0.2, 0.25) is 29.0 Å². The van der Waals surface area contributed by atoms with E-state index in [-0.39, 0.29) is 22.5 Å². The molecule has 0 bridgehead atoms. The predicted octanol–water partition coefficient (Wildman–Crippen LogP) is 3.60. The number of imide groups is 1. The number of nitro groups is 1. The SMILES string of the molecule is Cc1ccc([C@H]2OC3(C(=O)c4ccccc4C3=O)[C@@H]3C(=O)N(c4ccc([N+](=O)[O-])cc4)C(=O)[C@@H]23)cc1. The van der Waals surface area contributed by atoms with E-state index in [1.807, 2.05) is 19.1 Å². The quantitative estimate of drug-likeness (QED) is 0.242. The molecule has 2 amide bonds. The lowest BCUT2D eigenvalue weighted by Crippen LogP contribution is -2.51. The first-order valence-corrected chi connectivity index (χ1v) is 11.3. The van der Waals surface area contributed by atoms with E-state index >= 15 is 0 Å². The number of nitrogens with zero attached hydrogens (tertiary/aromatic N) is 2. The van der Waals surface area contributed by atoms with Crippen molar-refractivity contribution in [3.63, 3.8) is 0 Å². The largest absolute Gasteiger partial charge is 0.349 e. The van der Waals surface area contributed by atoms with Crippen LogP contribution in [0.3, 0.4) is 0 Å². The molecule has 9 nitrogen and oxygen atoms in total. The zero-order chi connectivity index (χ0) is 25.4. The maximum atomic E-state index is 13.8. The number of rotatable bonds is 3. The highest BCUT2D eigenvalue weighted by molar-refractivity contribution is 6.37. The molecule has 2 heterocycles. The Morgan fingerprint density at radius 2 is 1.42 bits per heavy atom. The smallest absolute Gasteiger partial charge is 0.269 e. The normalized spacial score (nSPS) is 23.9. The second kappa shape index (κ2) is 7.50. The number of fused-ring (bicyclic) bond motifs is 3. The van der Waals surface area contributed by atoms with Crippen molar-refractivity contribution < 1.29 is 28.8 Å². The van der Waals surface area contributed by atoms with Gasteiger partial charge in [0.05, 0.1) is 28.6 Å². The molecule has 1 aliphatic carbocycles. The number of aryl methyl sites for hydroxylation is 1. The van der Waals surface area contributed by atoms with Crippen molar-refractivity contribution in [3.8, 4) is 0 Å². The van der Waals surface area contributed by atoms with Crippen LogP contribution in [0.1, 0.15) is 37.9 Å². The van der Waals surface area contributed by atoms with E-state index in [9.17, 15) is 29.3 Å². The highest BCUT2D eigenvalue weighted by atomic mass is 16.6. The summed E-state index contributed by atoms with van der Waals surface area (Å²) in [6.45, 7) is 1.89. The van der Waals surface area contributed by atoms with Crippen molar-refractivity contribution in [2.24, 2.45) is 11.8 Å². The third-order valence-corrected chi connectivity index (χ3v) is 7.24. The van der Waals surface area contributed by atoms with Crippen molar-refractivity contribution in [1.82, 2.24) is 0 Å². The molecule has 2 saturated heterocycles. The summed E-state index contributed by atoms with van der Waals surface area (Å²) >= 11 is 0. The minimum Gasteiger partial charge on any atom is -0.349 e. The van der Waals surface area contributed by atoms with Crippen LogP contribution in [-0.2, 0) is 14.3 Å². The van der Waals surface area contributed by atoms with E-state index < -0.39 is 51.8 Å². The van der Waals surface area contributed by atoms with E-state index in [4.69, 9.17) is 4.74 Å². The van der Waals surface area contributed by atoms with Crippen LogP contribution >= 0.6 is 0 Å². The number of non-ortho nitro benzene ring substituents is 1. The Morgan fingerprint density at radius 1 is 0.833 bits per heavy atom. The fraction of sp³-hybridized carbons (Fsp3) is 0.185. The summed E-state index contributed by atoms with van der Waals surface area (Å²) in [4.78, 5) is 66.4. The van der Waals surface area contributed by atoms with Gasteiger partial charge in [0.25, 0.3) is 5.69 Å². The Hall–Kier alpha value is -4.50. The minimum atomic E-state index is -2.16. The van der Waals surface area contributed by atoms with E-state index in [2.05, 4.69) is 0 Å². The zero-order valence-electron chi connectivity index (χ0n) is 18.9. The van der Waals surface area contributed by atoms with Gasteiger partial charge < -0.3 is 4.74 Å². The Bertz CT molecular complexity index is 1460. The van der Waals surface area contributed by atoms with Crippen LogP contribution < -0.4 is 4.90 Å². The number of ketones is 2. The Labute approximate surface area is 204 Å². The van der Waals surface area contributed by atoms with Crippen LogP contribution in [0, 0.1) is 28.9 Å². The standard InChI is InChI=1S/C27H18N2O7/c1-14-6-8-15(9-7-14)22-20-21(27(36-22)23(30)18-4-2-3-5-19(18)24(27)31)26(33)28(25(20)32)16-10-12-17(13-11-16)29(34)35/h2-13,20-22H,1H3/t20-,21+,22-/m1/s1. The number of ether oxygens (including phenoxy) is 1. The molecular weight excluding hydrogens is 464 g/mol. The molecule has 6 rings (SSSR count). The van der Waals surface area contributed by atoms with Gasteiger partial charge in [0.1, 0.15) is 0 Å². The monoisotopic (exact) mass is 482 g/mol. The summed E-state index contributed by atoms with van der Waals surface area (Å²) in [6, 6.07) is 18.4. The maximum absolute atomic E-state index is 13.8. The molecule has 0 N–H and O–H groups in total. The summed E-state index contributed by atoms with van der Waals surface area (Å²) in [7, 11) is 0. The lowest BCUT2D eigenvalue weighted by atomic mass is 9.77. The van der Waals surface area contributed by atoms with Gasteiger partial charge in [-0.25, -0.2) is 4.90 Å². The van der Waals surface area contributed by atoms with Crippen molar-refractivity contribution in [1.29, 1.82) is 0 Å². The number of anilines is 1. The molecule has 0 saturated carbocycles. The topological polar surface area (TPSA) is 124 Å². The second-order valence-corrected chi connectivity index (χ2v) is 9.18. The van der Waals surface area contributed by atoms with Crippen molar-refractivity contribution >= 4 is 34.8 Å². The molecule has 178 valence electrons. The number of hydrogen-bond acceptors (Lipinski definition) is 7. The third kappa shape index (κ3) is 2.74. The highest BCUT2D eigenvalue weighted by Gasteiger charge is 2.74. The summed E-state index contributed by atoms with van der Waals surface area (Å²) in [5.74, 6) is -5.16. The highest BCUT2D eigenvalue weighted by Crippen LogP contribution is 2.57. The van der Waals surface area contributed by atoms with Crippen LogP contribution in [-0.4, -0.2) is 33.9 Å². The number of carbonyl (C=O) groups excluding carboxylic acids is 4. The average Bonchev–Trinajstić information content (AvgIpc) is 3.44. The average molecular weight is 482 g/mol. The lowest BCUT2D eigenvalue weighted by Gasteiger charge is -2.27. The Balaban J connectivity index is 1.51. The Kier molecular flexibility index (Phi) is 4.58. The van der Waals surface area contributed by atoms with Gasteiger partial charge in [0.15, 0.2) is 0 Å². The van der Waals surface area contributed by atoms with Gasteiger partial charge >= 0.3 is 0 Å². The molecule has 2 aliphatic heterocycles. The fourth-order valence-electron chi connectivity index (χ4n) is 5.55. The van der Waals surface area contributed by atoms with Crippen LogP contribution in [0.25, 0.3) is 0 Å². The summed E-state index contributed by atoms with van der Waals surface area (Å²) < 4.78 is 6.23. The summed E-state index contributed by atoms with van der Waals surface area (Å²) in [6.07, 6.45) is -1.02. The number of Topliss-reactive ketones (excluding diaryl/α,β-unsaturated/α-hetero) is 2. The van der Waals surface area contributed by atoms with Crippen LogP contribution in [0.5, 0.6) is 0 Å². The first-order chi connectivity index (χ1) is 17.3. The number of benzene rings is 3. The van der Waals surface area contributed by atoms with Gasteiger partial charge in [-0.05, 0) is 24.6 Å². The minimum absolute atomic E-state index is 0.123. The molecule has 9 heteroatoms. The van der Waals surface area contributed by atoms with Crippen molar-refractivity contribution in [2.75, 3.05) is 4.90 Å². The van der Waals surface area contributed by atoms with Crippen LogP contribution in [0.2, 0.25) is 0 Å². The molecule has 36 heavy (non-hydrogen) atoms. The summed E-state index contributed by atoms with van der Waals surface area (Å²) in [5, 5.41) is 11.1. The van der Waals surface area contributed by atoms with Crippen molar-refractivity contribution in [3.05, 3.63) is 105 Å². The van der Waals surface area contributed by atoms with E-state index in [1.54, 1.807) is 24.3 Å². The van der Waals surface area contributed by atoms with Gasteiger partial charge in [0, 0.05) is 23.3 Å². The number of carbonyl (C=O) groups is 4. The molecule has 0 unspecified atom stereocenters. The van der Waals surface area contributed by atoms with Crippen molar-refractivity contribution in [2.45, 2.75) is 18.6 Å². The fourth-order valence-corrected chi connectivity index (χ4v) is 5.55. The second-order valence-electron chi connectivity index (χ2n) is 9.18. The molecule has 3 aromatic rings. The van der Waals surface area contributed by atoms with E-state index in [1.165, 1.54) is 36.4 Å². The third-order valence-electron chi connectivity index (χ3n) is 7.24. The van der Waals surface area contributed by atoms with E-state index in [0.717, 1.165) is 10.5 Å². The molecule has 2 fully saturated rings. The van der Waals surface area contributed by atoms with Crippen LogP contribution in [0.15, 0.2) is 72.8 Å². The number of nitro benzene ring substituents is 1. The van der Waals surface area contributed by atoms with Gasteiger partial charge in [-0.1, -0.05) is 54.1 Å². The molecule has 1 spiro atoms. The zero-order valence-corrected chi connectivity index (χ0v) is 18.9. The Morgan fingerprint density at radius 3 is 1.97 bits per heavy atom. The number of hydrogen-bond donors (Lipinski definition) is 0. The molecule has 3 aromatic carbocycles. The van der Waals surface area contributed by atoms with Gasteiger partial charge in [-0.2, -0.15) is 0 Å². The molecule has 3 aliphatic rings. The molecule has 0 radical (unpaired) electrons. The van der Waals surface area contributed by atoms with Gasteiger partial charge in [-0.15, -0.1) is 0 Å². The predicted molar refractivity (Wildman–Crippen MR) is 125 cm³/mol. The van der Waals surface area contributed by atoms with Gasteiger partial charge in [-0.3, -0.25) is 29.3 Å².